The van der Waals surface area contributed by atoms with Crippen LogP contribution >= 0.6 is 0 Å². The summed E-state index contributed by atoms with van der Waals surface area (Å²) in [5, 5.41) is 0. The second-order valence-corrected chi connectivity index (χ2v) is 5.75. The first-order chi connectivity index (χ1) is 12.0. The van der Waals surface area contributed by atoms with Gasteiger partial charge in [0.25, 0.3) is 0 Å². The van der Waals surface area contributed by atoms with Gasteiger partial charge < -0.3 is 5.73 Å². The van der Waals surface area contributed by atoms with E-state index in [2.05, 4.69) is 50.2 Å². The van der Waals surface area contributed by atoms with Crippen LogP contribution in [0.1, 0.15) is 76.5 Å². The number of benzene rings is 2. The van der Waals surface area contributed by atoms with Crippen molar-refractivity contribution in [2.75, 3.05) is 5.73 Å². The van der Waals surface area contributed by atoms with Crippen molar-refractivity contribution in [3.63, 3.8) is 0 Å². The van der Waals surface area contributed by atoms with E-state index in [-0.39, 0.29) is 0 Å². The first kappa shape index (κ1) is 22.9. The van der Waals surface area contributed by atoms with E-state index in [0.29, 0.717) is 24.5 Å². The summed E-state index contributed by atoms with van der Waals surface area (Å²) in [5.74, 6) is 0.742. The minimum Gasteiger partial charge on any atom is -0.398 e. The highest BCUT2D eigenvalue weighted by Gasteiger charge is 2.14. The average molecular weight is 342 g/mol. The van der Waals surface area contributed by atoms with E-state index in [1.165, 1.54) is 16.7 Å². The zero-order valence-electron chi connectivity index (χ0n) is 16.8. The standard InChI is InChI=1S/C16H19N.C5H10O.C2H6/c1-3-14(13-8-6-7-12(2)11-13)15-9-4-5-10-16(15)17;1-3-5(6)4-2;1-2/h4-11,14H,3,17H2,1-2H3;3-4H2,1-2H3;1-2H3. The molecule has 0 saturated carbocycles. The summed E-state index contributed by atoms with van der Waals surface area (Å²) in [6, 6.07) is 16.8. The molecule has 138 valence electrons. The molecule has 2 aromatic rings. The van der Waals surface area contributed by atoms with Crippen molar-refractivity contribution in [2.24, 2.45) is 0 Å². The highest BCUT2D eigenvalue weighted by molar-refractivity contribution is 5.77. The number of nitrogen functional groups attached to an aromatic ring is 1. The van der Waals surface area contributed by atoms with Gasteiger partial charge in [0.2, 0.25) is 0 Å². The number of Topliss-reactive ketones (excluding diaryl/α,β-unsaturated/α-hetero) is 1. The molecule has 0 aliphatic rings. The third kappa shape index (κ3) is 8.02. The molecule has 1 unspecified atom stereocenters. The van der Waals surface area contributed by atoms with Crippen LogP contribution in [0.3, 0.4) is 0 Å². The molecule has 2 N–H and O–H groups in total. The van der Waals surface area contributed by atoms with Gasteiger partial charge in [-0.1, -0.05) is 82.6 Å². The molecule has 0 fully saturated rings. The second-order valence-electron chi connectivity index (χ2n) is 5.75. The maximum Gasteiger partial charge on any atom is 0.132 e. The molecule has 0 heterocycles. The highest BCUT2D eigenvalue weighted by Crippen LogP contribution is 2.31. The molecule has 0 amide bonds. The molecule has 0 aliphatic carbocycles. The molecular formula is C23H35NO. The summed E-state index contributed by atoms with van der Waals surface area (Å²) in [6.07, 6.45) is 2.45. The average Bonchev–Trinajstić information content (AvgIpc) is 2.65. The number of aryl methyl sites for hydroxylation is 1. The Hall–Kier alpha value is -2.09. The van der Waals surface area contributed by atoms with Crippen molar-refractivity contribution in [3.05, 3.63) is 65.2 Å². The maximum atomic E-state index is 10.2. The monoisotopic (exact) mass is 341 g/mol. The lowest BCUT2D eigenvalue weighted by atomic mass is 9.87. The summed E-state index contributed by atoms with van der Waals surface area (Å²) in [6.45, 7) is 12.1. The number of ketones is 1. The van der Waals surface area contributed by atoms with E-state index in [0.717, 1.165) is 12.1 Å². The largest absolute Gasteiger partial charge is 0.398 e. The molecule has 2 rings (SSSR count). The predicted molar refractivity (Wildman–Crippen MR) is 111 cm³/mol. The molecule has 2 nitrogen and oxygen atoms in total. The zero-order chi connectivity index (χ0) is 19.2. The number of hydrogen-bond acceptors (Lipinski definition) is 2. The van der Waals surface area contributed by atoms with Crippen LogP contribution in [0.4, 0.5) is 5.69 Å². The smallest absolute Gasteiger partial charge is 0.132 e. The molecule has 0 radical (unpaired) electrons. The van der Waals surface area contributed by atoms with Crippen LogP contribution in [0.15, 0.2) is 48.5 Å². The van der Waals surface area contributed by atoms with Gasteiger partial charge in [-0.2, -0.15) is 0 Å². The Morgan fingerprint density at radius 2 is 1.56 bits per heavy atom. The van der Waals surface area contributed by atoms with E-state index in [1.807, 2.05) is 39.8 Å². The summed E-state index contributed by atoms with van der Waals surface area (Å²) in [5.41, 5.74) is 10.9. The molecule has 25 heavy (non-hydrogen) atoms. The Morgan fingerprint density at radius 1 is 0.960 bits per heavy atom. The number of nitrogens with two attached hydrogens (primary N) is 1. The second kappa shape index (κ2) is 13.2. The zero-order valence-corrected chi connectivity index (χ0v) is 16.8. The van der Waals surface area contributed by atoms with E-state index in [1.54, 1.807) is 0 Å². The number of anilines is 1. The lowest BCUT2D eigenvalue weighted by Gasteiger charge is -2.18. The van der Waals surface area contributed by atoms with Gasteiger partial charge in [0.1, 0.15) is 5.78 Å². The van der Waals surface area contributed by atoms with Crippen molar-refractivity contribution < 1.29 is 4.79 Å². The number of para-hydroxylation sites is 1. The summed E-state index contributed by atoms with van der Waals surface area (Å²) >= 11 is 0. The molecule has 0 spiro atoms. The van der Waals surface area contributed by atoms with E-state index in [9.17, 15) is 4.79 Å². The van der Waals surface area contributed by atoms with Crippen LogP contribution in [0.2, 0.25) is 0 Å². The first-order valence-corrected chi connectivity index (χ1v) is 9.46. The van der Waals surface area contributed by atoms with E-state index < -0.39 is 0 Å². The van der Waals surface area contributed by atoms with Gasteiger partial charge in [-0.3, -0.25) is 4.79 Å². The lowest BCUT2D eigenvalue weighted by Crippen LogP contribution is -2.03. The summed E-state index contributed by atoms with van der Waals surface area (Å²) in [4.78, 5) is 10.2. The number of carbonyl (C=O) groups excluding carboxylic acids is 1. The third-order valence-electron chi connectivity index (χ3n) is 4.01. The molecule has 0 saturated heterocycles. The van der Waals surface area contributed by atoms with Crippen molar-refractivity contribution in [1.29, 1.82) is 0 Å². The van der Waals surface area contributed by atoms with Crippen LogP contribution in [0.5, 0.6) is 0 Å². The van der Waals surface area contributed by atoms with E-state index >= 15 is 0 Å². The van der Waals surface area contributed by atoms with Gasteiger partial charge in [-0.15, -0.1) is 0 Å². The Balaban J connectivity index is 0.000000614. The molecule has 0 bridgehead atoms. The van der Waals surface area contributed by atoms with Gasteiger partial charge >= 0.3 is 0 Å². The maximum absolute atomic E-state index is 10.2. The Kier molecular flexibility index (Phi) is 12.1. The Labute approximate surface area is 154 Å². The number of rotatable bonds is 5. The van der Waals surface area contributed by atoms with Crippen LogP contribution in [0, 0.1) is 6.92 Å². The van der Waals surface area contributed by atoms with E-state index in [4.69, 9.17) is 5.73 Å². The first-order valence-electron chi connectivity index (χ1n) is 9.46. The molecule has 2 heteroatoms. The highest BCUT2D eigenvalue weighted by atomic mass is 16.1. The molecule has 2 aromatic carbocycles. The van der Waals surface area contributed by atoms with Crippen LogP contribution in [0.25, 0.3) is 0 Å². The molecule has 0 aliphatic heterocycles. The van der Waals surface area contributed by atoms with Gasteiger partial charge in [-0.05, 0) is 30.5 Å². The van der Waals surface area contributed by atoms with Crippen molar-refractivity contribution >= 4 is 11.5 Å². The van der Waals surface area contributed by atoms with Gasteiger partial charge in [0, 0.05) is 24.4 Å². The van der Waals surface area contributed by atoms with Crippen LogP contribution in [-0.4, -0.2) is 5.78 Å². The minimum atomic E-state index is 0.343. The lowest BCUT2D eigenvalue weighted by molar-refractivity contribution is -0.118. The number of carbonyl (C=O) groups is 1. The quantitative estimate of drug-likeness (QED) is 0.629. The Morgan fingerprint density at radius 3 is 2.00 bits per heavy atom. The van der Waals surface area contributed by atoms with Gasteiger partial charge in [0.15, 0.2) is 0 Å². The summed E-state index contributed by atoms with van der Waals surface area (Å²) < 4.78 is 0. The number of hydrogen-bond donors (Lipinski definition) is 1. The molecular weight excluding hydrogens is 306 g/mol. The predicted octanol–water partition coefficient (Wildman–Crippen LogP) is 6.52. The van der Waals surface area contributed by atoms with Crippen LogP contribution < -0.4 is 5.73 Å². The van der Waals surface area contributed by atoms with Crippen molar-refractivity contribution in [1.82, 2.24) is 0 Å². The topological polar surface area (TPSA) is 43.1 Å². The SMILES string of the molecule is CC.CCC(=O)CC.CCC(c1cccc(C)c1)c1ccccc1N. The fourth-order valence-corrected chi connectivity index (χ4v) is 2.60. The van der Waals surface area contributed by atoms with Crippen LogP contribution in [-0.2, 0) is 4.79 Å². The normalized spacial score (nSPS) is 10.6. The van der Waals surface area contributed by atoms with Crippen molar-refractivity contribution in [2.45, 2.75) is 66.7 Å². The fourth-order valence-electron chi connectivity index (χ4n) is 2.60. The van der Waals surface area contributed by atoms with Gasteiger partial charge in [0.05, 0.1) is 0 Å². The van der Waals surface area contributed by atoms with Gasteiger partial charge in [-0.25, -0.2) is 0 Å². The Bertz CT molecular complexity index is 613. The van der Waals surface area contributed by atoms with Crippen molar-refractivity contribution in [3.8, 4) is 0 Å². The fraction of sp³-hybridized carbons (Fsp3) is 0.435. The molecule has 0 aromatic heterocycles. The summed E-state index contributed by atoms with van der Waals surface area (Å²) in [7, 11) is 0. The molecule has 1 atom stereocenters. The third-order valence-corrected chi connectivity index (χ3v) is 4.01. The minimum absolute atomic E-state index is 0.343.